The number of nitrogens with one attached hydrogen (secondary N) is 2. The third-order valence-corrected chi connectivity index (χ3v) is 4.58. The van der Waals surface area contributed by atoms with Crippen LogP contribution in [0.5, 0.6) is 0 Å². The summed E-state index contributed by atoms with van der Waals surface area (Å²) >= 11 is 0. The number of aromatic nitrogens is 5. The van der Waals surface area contributed by atoms with E-state index in [-0.39, 0.29) is 5.54 Å². The van der Waals surface area contributed by atoms with Crippen LogP contribution in [0.15, 0.2) is 49.2 Å². The number of hydrogen-bond donors (Lipinski definition) is 2. The molecule has 0 radical (unpaired) electrons. The van der Waals surface area contributed by atoms with Crippen molar-refractivity contribution < 1.29 is 0 Å². The number of anilines is 2. The molecule has 2 aromatic heterocycles. The summed E-state index contributed by atoms with van der Waals surface area (Å²) in [6.45, 7) is 7.88. The normalized spacial score (nSPS) is 16.3. The maximum atomic E-state index is 4.70. The van der Waals surface area contributed by atoms with Crippen molar-refractivity contribution in [1.29, 1.82) is 0 Å². The summed E-state index contributed by atoms with van der Waals surface area (Å²) in [4.78, 5) is 15.4. The van der Waals surface area contributed by atoms with Crippen LogP contribution in [-0.4, -0.2) is 49.9 Å². The van der Waals surface area contributed by atoms with E-state index >= 15 is 0 Å². The Morgan fingerprint density at radius 1 is 1.26 bits per heavy atom. The molecule has 2 N–H and O–H groups in total. The molecule has 0 aliphatic carbocycles. The van der Waals surface area contributed by atoms with E-state index < -0.39 is 0 Å². The first-order valence-electron chi connectivity index (χ1n) is 9.10. The molecule has 1 aromatic carbocycles. The second kappa shape index (κ2) is 7.32. The first-order valence-corrected chi connectivity index (χ1v) is 9.10. The molecule has 0 atom stereocenters. The van der Waals surface area contributed by atoms with Crippen molar-refractivity contribution >= 4 is 11.8 Å². The smallest absolute Gasteiger partial charge is 0.224 e. The lowest BCUT2D eigenvalue weighted by Gasteiger charge is -2.39. The lowest BCUT2D eigenvalue weighted by molar-refractivity contribution is 0.352. The Hall–Kier alpha value is -3.00. The van der Waals surface area contributed by atoms with E-state index in [0.717, 1.165) is 36.7 Å². The monoisotopic (exact) mass is 364 g/mol. The zero-order valence-electron chi connectivity index (χ0n) is 15.6. The van der Waals surface area contributed by atoms with Gasteiger partial charge in [-0.25, -0.2) is 14.6 Å². The molecule has 1 aliphatic heterocycles. The Bertz CT molecular complexity index is 890. The van der Waals surface area contributed by atoms with Gasteiger partial charge in [0.1, 0.15) is 18.5 Å². The first kappa shape index (κ1) is 17.4. The summed E-state index contributed by atoms with van der Waals surface area (Å²) in [6.07, 6.45) is 5.03. The maximum Gasteiger partial charge on any atom is 0.224 e. The van der Waals surface area contributed by atoms with Crippen molar-refractivity contribution in [2.45, 2.75) is 25.9 Å². The van der Waals surface area contributed by atoms with E-state index in [4.69, 9.17) is 4.98 Å². The molecule has 3 heterocycles. The van der Waals surface area contributed by atoms with Crippen LogP contribution in [-0.2, 0) is 6.54 Å². The van der Waals surface area contributed by atoms with Gasteiger partial charge < -0.3 is 15.5 Å². The minimum Gasteiger partial charge on any atom is -0.353 e. The quantitative estimate of drug-likeness (QED) is 0.715. The first-order chi connectivity index (χ1) is 13.1. The van der Waals surface area contributed by atoms with E-state index in [1.807, 2.05) is 24.4 Å². The van der Waals surface area contributed by atoms with Gasteiger partial charge in [-0.1, -0.05) is 12.1 Å². The molecule has 8 nitrogen and oxygen atoms in total. The molecule has 4 rings (SSSR count). The maximum absolute atomic E-state index is 4.70. The van der Waals surface area contributed by atoms with Crippen LogP contribution in [0.3, 0.4) is 0 Å². The molecule has 3 aromatic rings. The number of piperazine rings is 1. The second-order valence-electron chi connectivity index (χ2n) is 7.33. The molecular formula is C19H24N8. The predicted molar refractivity (Wildman–Crippen MR) is 105 cm³/mol. The molecule has 1 fully saturated rings. The van der Waals surface area contributed by atoms with Crippen molar-refractivity contribution in [3.8, 4) is 5.69 Å². The van der Waals surface area contributed by atoms with Crippen LogP contribution in [0.1, 0.15) is 19.4 Å². The lowest BCUT2D eigenvalue weighted by atomic mass is 10.0. The summed E-state index contributed by atoms with van der Waals surface area (Å²) in [6, 6.07) is 10.1. The molecule has 1 saturated heterocycles. The standard InChI is InChI=1S/C19H24N8/c1-19(2)12-26(9-8-23-19)17-6-7-21-18(25-17)22-11-15-4-3-5-16(10-15)27-14-20-13-24-27/h3-7,10,13-14,23H,8-9,11-12H2,1-2H3,(H,21,22,25). The molecule has 27 heavy (non-hydrogen) atoms. The van der Waals surface area contributed by atoms with Crippen molar-refractivity contribution in [3.63, 3.8) is 0 Å². The highest BCUT2D eigenvalue weighted by Gasteiger charge is 2.26. The largest absolute Gasteiger partial charge is 0.353 e. The zero-order chi connectivity index (χ0) is 18.7. The number of nitrogens with zero attached hydrogens (tertiary/aromatic N) is 6. The summed E-state index contributed by atoms with van der Waals surface area (Å²) in [5.41, 5.74) is 2.18. The van der Waals surface area contributed by atoms with Gasteiger partial charge in [0.05, 0.1) is 5.69 Å². The van der Waals surface area contributed by atoms with Gasteiger partial charge in [-0.15, -0.1) is 0 Å². The van der Waals surface area contributed by atoms with Crippen LogP contribution >= 0.6 is 0 Å². The van der Waals surface area contributed by atoms with Gasteiger partial charge in [-0.05, 0) is 37.6 Å². The predicted octanol–water partition coefficient (Wildman–Crippen LogP) is 1.86. The van der Waals surface area contributed by atoms with Crippen molar-refractivity contribution in [2.75, 3.05) is 29.9 Å². The molecule has 0 spiro atoms. The molecule has 8 heteroatoms. The SMILES string of the molecule is CC1(C)CN(c2ccnc(NCc3cccc(-n4cncn4)c3)n2)CCN1. The molecule has 0 amide bonds. The van der Waals surface area contributed by atoms with Crippen molar-refractivity contribution in [2.24, 2.45) is 0 Å². The molecule has 0 bridgehead atoms. The highest BCUT2D eigenvalue weighted by Crippen LogP contribution is 2.19. The number of hydrogen-bond acceptors (Lipinski definition) is 7. The van der Waals surface area contributed by atoms with Gasteiger partial charge >= 0.3 is 0 Å². The van der Waals surface area contributed by atoms with E-state index in [0.29, 0.717) is 12.5 Å². The average Bonchev–Trinajstić information content (AvgIpc) is 3.21. The van der Waals surface area contributed by atoms with Crippen LogP contribution in [0.4, 0.5) is 11.8 Å². The number of benzene rings is 1. The molecule has 1 aliphatic rings. The Balaban J connectivity index is 1.44. The fourth-order valence-corrected chi connectivity index (χ4v) is 3.28. The van der Waals surface area contributed by atoms with E-state index in [1.54, 1.807) is 11.0 Å². The van der Waals surface area contributed by atoms with Crippen LogP contribution in [0, 0.1) is 0 Å². The molecular weight excluding hydrogens is 340 g/mol. The number of rotatable bonds is 5. The van der Waals surface area contributed by atoms with Crippen molar-refractivity contribution in [1.82, 2.24) is 30.0 Å². The van der Waals surface area contributed by atoms with Gasteiger partial charge in [0, 0.05) is 37.9 Å². The summed E-state index contributed by atoms with van der Waals surface area (Å²) in [5.74, 6) is 1.59. The Labute approximate surface area is 158 Å². The third kappa shape index (κ3) is 4.22. The summed E-state index contributed by atoms with van der Waals surface area (Å²) in [7, 11) is 0. The summed E-state index contributed by atoms with van der Waals surface area (Å²) < 4.78 is 1.74. The Morgan fingerprint density at radius 3 is 3.00 bits per heavy atom. The van der Waals surface area contributed by atoms with Gasteiger partial charge in [0.25, 0.3) is 0 Å². The topological polar surface area (TPSA) is 83.8 Å². The van der Waals surface area contributed by atoms with Crippen LogP contribution < -0.4 is 15.5 Å². The lowest BCUT2D eigenvalue weighted by Crippen LogP contribution is -2.57. The highest BCUT2D eigenvalue weighted by atomic mass is 15.3. The average molecular weight is 364 g/mol. The van der Waals surface area contributed by atoms with Crippen molar-refractivity contribution in [3.05, 3.63) is 54.7 Å². The van der Waals surface area contributed by atoms with Crippen LogP contribution in [0.25, 0.3) is 5.69 Å². The second-order valence-corrected chi connectivity index (χ2v) is 7.33. The molecule has 0 unspecified atom stereocenters. The van der Waals surface area contributed by atoms with E-state index in [2.05, 4.69) is 56.6 Å². The van der Waals surface area contributed by atoms with Crippen LogP contribution in [0.2, 0.25) is 0 Å². The molecule has 0 saturated carbocycles. The third-order valence-electron chi connectivity index (χ3n) is 4.58. The highest BCUT2D eigenvalue weighted by molar-refractivity contribution is 5.44. The minimum absolute atomic E-state index is 0.0819. The fraction of sp³-hybridized carbons (Fsp3) is 0.368. The van der Waals surface area contributed by atoms with E-state index in [1.165, 1.54) is 6.33 Å². The van der Waals surface area contributed by atoms with E-state index in [9.17, 15) is 0 Å². The Morgan fingerprint density at radius 2 is 2.19 bits per heavy atom. The minimum atomic E-state index is 0.0819. The van der Waals surface area contributed by atoms with Gasteiger partial charge in [-0.3, -0.25) is 0 Å². The zero-order valence-corrected chi connectivity index (χ0v) is 15.6. The van der Waals surface area contributed by atoms with Gasteiger partial charge in [0.15, 0.2) is 0 Å². The summed E-state index contributed by atoms with van der Waals surface area (Å²) in [5, 5.41) is 11.0. The Kier molecular flexibility index (Phi) is 4.72. The van der Waals surface area contributed by atoms with Gasteiger partial charge in [-0.2, -0.15) is 10.1 Å². The van der Waals surface area contributed by atoms with Gasteiger partial charge in [0.2, 0.25) is 5.95 Å². The fourth-order valence-electron chi connectivity index (χ4n) is 3.28. The molecule has 140 valence electrons.